The number of nitrogens with zero attached hydrogens (tertiary/aromatic N) is 1. The fourth-order valence-electron chi connectivity index (χ4n) is 3.74. The molecule has 4 heteroatoms. The lowest BCUT2D eigenvalue weighted by Crippen LogP contribution is -2.62. The van der Waals surface area contributed by atoms with E-state index in [0.717, 1.165) is 25.4 Å². The van der Waals surface area contributed by atoms with Crippen molar-refractivity contribution in [3.05, 3.63) is 30.1 Å². The van der Waals surface area contributed by atoms with Crippen LogP contribution in [-0.2, 0) is 0 Å². The van der Waals surface area contributed by atoms with Gasteiger partial charge in [-0.2, -0.15) is 0 Å². The van der Waals surface area contributed by atoms with E-state index in [4.69, 9.17) is 0 Å². The maximum atomic E-state index is 12.9. The monoisotopic (exact) mass is 308 g/mol. The van der Waals surface area contributed by atoms with E-state index < -0.39 is 0 Å². The molecule has 0 aromatic heterocycles. The van der Waals surface area contributed by atoms with Gasteiger partial charge in [0.25, 0.3) is 0 Å². The molecule has 2 nitrogen and oxygen atoms in total. The maximum Gasteiger partial charge on any atom is 0.123 e. The molecule has 3 rings (SSSR count). The van der Waals surface area contributed by atoms with E-state index in [2.05, 4.69) is 10.2 Å². The maximum absolute atomic E-state index is 12.9. The van der Waals surface area contributed by atoms with Gasteiger partial charge in [0, 0.05) is 42.4 Å². The summed E-state index contributed by atoms with van der Waals surface area (Å²) in [6.45, 7) is 4.59. The highest BCUT2D eigenvalue weighted by molar-refractivity contribution is 7.99. The van der Waals surface area contributed by atoms with Crippen LogP contribution in [0.3, 0.4) is 0 Å². The molecule has 1 aliphatic carbocycles. The Labute approximate surface area is 131 Å². The summed E-state index contributed by atoms with van der Waals surface area (Å²) in [7, 11) is 0. The van der Waals surface area contributed by atoms with Crippen molar-refractivity contribution in [3.63, 3.8) is 0 Å². The second-order valence-electron chi connectivity index (χ2n) is 6.25. The van der Waals surface area contributed by atoms with Crippen molar-refractivity contribution in [1.82, 2.24) is 10.2 Å². The lowest BCUT2D eigenvalue weighted by atomic mass is 9.79. The van der Waals surface area contributed by atoms with Crippen molar-refractivity contribution in [2.24, 2.45) is 0 Å². The van der Waals surface area contributed by atoms with Gasteiger partial charge in [0.1, 0.15) is 5.82 Å². The molecule has 0 amide bonds. The van der Waals surface area contributed by atoms with Crippen LogP contribution in [0.1, 0.15) is 32.1 Å². The Morgan fingerprint density at radius 3 is 2.67 bits per heavy atom. The van der Waals surface area contributed by atoms with E-state index in [1.165, 1.54) is 43.5 Å². The minimum absolute atomic E-state index is 0.150. The lowest BCUT2D eigenvalue weighted by molar-refractivity contribution is 0.0333. The molecule has 0 unspecified atom stereocenters. The second-order valence-corrected chi connectivity index (χ2v) is 7.42. The predicted molar refractivity (Wildman–Crippen MR) is 87.4 cm³/mol. The normalized spacial score (nSPS) is 22.5. The third-order valence-corrected chi connectivity index (χ3v) is 5.90. The summed E-state index contributed by atoms with van der Waals surface area (Å²) in [6, 6.07) is 6.87. The quantitative estimate of drug-likeness (QED) is 0.857. The van der Waals surface area contributed by atoms with Crippen LogP contribution in [0, 0.1) is 5.82 Å². The van der Waals surface area contributed by atoms with Crippen molar-refractivity contribution < 1.29 is 4.39 Å². The van der Waals surface area contributed by atoms with Crippen LogP contribution in [0.25, 0.3) is 0 Å². The summed E-state index contributed by atoms with van der Waals surface area (Å²) in [5, 5.41) is 3.60. The number of hydrogen-bond donors (Lipinski definition) is 1. The molecule has 1 saturated carbocycles. The molecule has 1 spiro atoms. The van der Waals surface area contributed by atoms with Gasteiger partial charge in [-0.05, 0) is 37.1 Å². The first-order valence-corrected chi connectivity index (χ1v) is 9.11. The molecule has 116 valence electrons. The van der Waals surface area contributed by atoms with E-state index in [9.17, 15) is 4.39 Å². The largest absolute Gasteiger partial charge is 0.314 e. The van der Waals surface area contributed by atoms with Crippen LogP contribution in [0.15, 0.2) is 29.2 Å². The average molecular weight is 308 g/mol. The van der Waals surface area contributed by atoms with Crippen LogP contribution in [0.5, 0.6) is 0 Å². The predicted octanol–water partition coefficient (Wildman–Crippen LogP) is 3.53. The van der Waals surface area contributed by atoms with Gasteiger partial charge in [0.15, 0.2) is 0 Å². The number of rotatable bonds is 4. The molecule has 1 aliphatic heterocycles. The van der Waals surface area contributed by atoms with Crippen LogP contribution in [-0.4, -0.2) is 42.4 Å². The van der Waals surface area contributed by atoms with Gasteiger partial charge in [-0.15, -0.1) is 11.8 Å². The molecule has 1 saturated heterocycles. The van der Waals surface area contributed by atoms with Crippen LogP contribution < -0.4 is 5.32 Å². The van der Waals surface area contributed by atoms with Crippen LogP contribution in [0.2, 0.25) is 0 Å². The zero-order valence-corrected chi connectivity index (χ0v) is 13.4. The van der Waals surface area contributed by atoms with Gasteiger partial charge in [-0.25, -0.2) is 4.39 Å². The molecule has 0 radical (unpaired) electrons. The van der Waals surface area contributed by atoms with Gasteiger partial charge in [-0.1, -0.05) is 19.3 Å². The number of thioether (sulfide) groups is 1. The number of nitrogens with one attached hydrogen (secondary N) is 1. The van der Waals surface area contributed by atoms with Crippen molar-refractivity contribution >= 4 is 11.8 Å². The van der Waals surface area contributed by atoms with Gasteiger partial charge in [0.05, 0.1) is 0 Å². The highest BCUT2D eigenvalue weighted by atomic mass is 32.2. The highest BCUT2D eigenvalue weighted by Crippen LogP contribution is 2.34. The summed E-state index contributed by atoms with van der Waals surface area (Å²) in [4.78, 5) is 3.89. The standard InChI is InChI=1S/C17H25FN2S/c18-15-4-6-16(7-5-15)21-13-12-20-11-10-19-14-17(20)8-2-1-3-9-17/h4-7,19H,1-3,8-14H2. The summed E-state index contributed by atoms with van der Waals surface area (Å²) in [5.41, 5.74) is 0.417. The molecule has 2 fully saturated rings. The lowest BCUT2D eigenvalue weighted by Gasteiger charge is -2.50. The summed E-state index contributed by atoms with van der Waals surface area (Å²) in [6.07, 6.45) is 6.86. The SMILES string of the molecule is Fc1ccc(SCCN2CCNCC23CCCCC3)cc1. The zero-order chi connectivity index (χ0) is 14.5. The minimum Gasteiger partial charge on any atom is -0.314 e. The fraction of sp³-hybridized carbons (Fsp3) is 0.647. The molecule has 1 aromatic carbocycles. The van der Waals surface area contributed by atoms with E-state index >= 15 is 0 Å². The zero-order valence-electron chi connectivity index (χ0n) is 12.6. The van der Waals surface area contributed by atoms with E-state index in [0.29, 0.717) is 5.54 Å². The Morgan fingerprint density at radius 1 is 1.14 bits per heavy atom. The molecule has 1 N–H and O–H groups in total. The third-order valence-electron chi connectivity index (χ3n) is 4.91. The first-order chi connectivity index (χ1) is 10.3. The van der Waals surface area contributed by atoms with Crippen molar-refractivity contribution in [2.75, 3.05) is 31.9 Å². The molecule has 1 heterocycles. The molecule has 0 bridgehead atoms. The Kier molecular flexibility index (Phi) is 5.19. The fourth-order valence-corrected chi connectivity index (χ4v) is 4.62. The highest BCUT2D eigenvalue weighted by Gasteiger charge is 2.39. The molecule has 21 heavy (non-hydrogen) atoms. The molecular formula is C17H25FN2S. The second kappa shape index (κ2) is 7.12. The van der Waals surface area contributed by atoms with E-state index in [1.807, 2.05) is 23.9 Å². The first-order valence-electron chi connectivity index (χ1n) is 8.13. The molecule has 2 aliphatic rings. The Morgan fingerprint density at radius 2 is 1.90 bits per heavy atom. The van der Waals surface area contributed by atoms with Gasteiger partial charge in [-0.3, -0.25) is 4.90 Å². The van der Waals surface area contributed by atoms with Gasteiger partial charge in [0.2, 0.25) is 0 Å². The van der Waals surface area contributed by atoms with Gasteiger partial charge >= 0.3 is 0 Å². The number of halogens is 1. The number of hydrogen-bond acceptors (Lipinski definition) is 3. The van der Waals surface area contributed by atoms with Crippen molar-refractivity contribution in [2.45, 2.75) is 42.5 Å². The summed E-state index contributed by atoms with van der Waals surface area (Å²) < 4.78 is 12.9. The smallest absolute Gasteiger partial charge is 0.123 e. The number of benzene rings is 1. The molecule has 1 aromatic rings. The Hall–Kier alpha value is -0.580. The summed E-state index contributed by atoms with van der Waals surface area (Å²) in [5.74, 6) is 0.940. The average Bonchev–Trinajstić information content (AvgIpc) is 2.52. The van der Waals surface area contributed by atoms with Crippen LogP contribution >= 0.6 is 11.8 Å². The van der Waals surface area contributed by atoms with Crippen LogP contribution in [0.4, 0.5) is 4.39 Å². The Bertz CT molecular complexity index is 434. The topological polar surface area (TPSA) is 15.3 Å². The van der Waals surface area contributed by atoms with E-state index in [1.54, 1.807) is 12.1 Å². The molecular weight excluding hydrogens is 283 g/mol. The number of piperazine rings is 1. The third kappa shape index (κ3) is 3.79. The minimum atomic E-state index is -0.150. The molecule has 0 atom stereocenters. The van der Waals surface area contributed by atoms with Crippen molar-refractivity contribution in [1.29, 1.82) is 0 Å². The Balaban J connectivity index is 1.54. The van der Waals surface area contributed by atoms with E-state index in [-0.39, 0.29) is 5.82 Å². The first kappa shape index (κ1) is 15.3. The summed E-state index contributed by atoms with van der Waals surface area (Å²) >= 11 is 1.84. The van der Waals surface area contributed by atoms with Crippen molar-refractivity contribution in [3.8, 4) is 0 Å². The van der Waals surface area contributed by atoms with Gasteiger partial charge < -0.3 is 5.32 Å².